The van der Waals surface area contributed by atoms with Crippen LogP contribution < -0.4 is 10.1 Å². The number of fused-ring (bicyclic) bond motifs is 5. The third-order valence-corrected chi connectivity index (χ3v) is 8.74. The Morgan fingerprint density at radius 3 is 2.84 bits per heavy atom. The van der Waals surface area contributed by atoms with Gasteiger partial charge in [-0.05, 0) is 56.9 Å². The van der Waals surface area contributed by atoms with Gasteiger partial charge in [-0.3, -0.25) is 9.59 Å². The predicted molar refractivity (Wildman–Crippen MR) is 146 cm³/mol. The van der Waals surface area contributed by atoms with Crippen molar-refractivity contribution in [1.29, 1.82) is 0 Å². The number of carbonyl (C=O) groups excluding carboxylic acids is 2. The van der Waals surface area contributed by atoms with Crippen LogP contribution in [-0.4, -0.2) is 52.5 Å². The van der Waals surface area contributed by atoms with Crippen LogP contribution in [0.3, 0.4) is 0 Å². The summed E-state index contributed by atoms with van der Waals surface area (Å²) >= 11 is 0. The van der Waals surface area contributed by atoms with Crippen LogP contribution in [0.15, 0.2) is 48.7 Å². The number of aryl methyl sites for hydroxylation is 1. The normalized spacial score (nSPS) is 26.5. The van der Waals surface area contributed by atoms with Gasteiger partial charge in [-0.2, -0.15) is 0 Å². The lowest BCUT2D eigenvalue weighted by Crippen LogP contribution is -2.58. The maximum Gasteiger partial charge on any atom is 0.245 e. The van der Waals surface area contributed by atoms with Crippen molar-refractivity contribution in [2.24, 2.45) is 11.8 Å². The number of carbonyl (C=O) groups is 2. The minimum atomic E-state index is -0.606. The van der Waals surface area contributed by atoms with Crippen LogP contribution in [0.25, 0.3) is 10.9 Å². The predicted octanol–water partition coefficient (Wildman–Crippen LogP) is 4.69. The van der Waals surface area contributed by atoms with Gasteiger partial charge in [-0.1, -0.05) is 30.3 Å². The summed E-state index contributed by atoms with van der Waals surface area (Å²) in [7, 11) is 0. The highest BCUT2D eigenvalue weighted by Gasteiger charge is 2.51. The molecule has 3 aliphatic heterocycles. The molecule has 6 rings (SSSR count). The second kappa shape index (κ2) is 9.45. The smallest absolute Gasteiger partial charge is 0.245 e. The molecule has 2 amide bonds. The zero-order valence-electron chi connectivity index (χ0n) is 22.6. The van der Waals surface area contributed by atoms with Gasteiger partial charge < -0.3 is 24.7 Å². The van der Waals surface area contributed by atoms with Gasteiger partial charge in [0.2, 0.25) is 11.8 Å². The Hall–Kier alpha value is -3.32. The Morgan fingerprint density at radius 2 is 2.03 bits per heavy atom. The highest BCUT2D eigenvalue weighted by atomic mass is 16.5. The Morgan fingerprint density at radius 1 is 1.21 bits per heavy atom. The van der Waals surface area contributed by atoms with Crippen molar-refractivity contribution in [2.45, 2.75) is 70.8 Å². The molecule has 4 heterocycles. The Kier molecular flexibility index (Phi) is 6.22. The van der Waals surface area contributed by atoms with Gasteiger partial charge in [0.05, 0.1) is 12.2 Å². The fourth-order valence-electron chi connectivity index (χ4n) is 6.80. The third kappa shape index (κ3) is 4.47. The minimum Gasteiger partial charge on any atom is -0.487 e. The van der Waals surface area contributed by atoms with Crippen LogP contribution in [0.4, 0.5) is 0 Å². The van der Waals surface area contributed by atoms with Crippen LogP contribution in [0, 0.1) is 18.8 Å². The molecule has 0 saturated carbocycles. The lowest BCUT2D eigenvalue weighted by atomic mass is 9.70. The molecule has 0 radical (unpaired) electrons. The van der Waals surface area contributed by atoms with E-state index in [1.165, 1.54) is 12.5 Å². The number of nitrogens with zero attached hydrogens (tertiary/aromatic N) is 1. The van der Waals surface area contributed by atoms with Crippen molar-refractivity contribution in [3.63, 3.8) is 0 Å². The fourth-order valence-corrected chi connectivity index (χ4v) is 6.80. The molecule has 200 valence electrons. The summed E-state index contributed by atoms with van der Waals surface area (Å²) in [6.07, 6.45) is 4.24. The standard InChI is InChI=1S/C31H37N3O4/c1-18-9-10-23-28(13-18)38-31(3,4)24-14-21-17-34(12-11-27(21)37-29(23)24)30(36)26(33-19(2)35)15-20-16-32-25-8-6-5-7-22(20)25/h5-10,13,16,21,24,26-27,29,32H,11-12,14-15,17H2,1-4H3,(H,33,35)/t21-,24+,26+,27+,29-/m0/s1. The number of benzene rings is 2. The van der Waals surface area contributed by atoms with Crippen molar-refractivity contribution in [2.75, 3.05) is 13.1 Å². The summed E-state index contributed by atoms with van der Waals surface area (Å²) in [5, 5.41) is 4.01. The van der Waals surface area contributed by atoms with E-state index >= 15 is 0 Å². The van der Waals surface area contributed by atoms with E-state index in [9.17, 15) is 9.59 Å². The number of ether oxygens (including phenoxy) is 2. The molecule has 2 aromatic carbocycles. The van der Waals surface area contributed by atoms with Gasteiger partial charge >= 0.3 is 0 Å². The third-order valence-electron chi connectivity index (χ3n) is 8.74. The lowest BCUT2D eigenvalue weighted by molar-refractivity contribution is -0.189. The van der Waals surface area contributed by atoms with Gasteiger partial charge in [-0.15, -0.1) is 0 Å². The summed E-state index contributed by atoms with van der Waals surface area (Å²) < 4.78 is 13.3. The first-order chi connectivity index (χ1) is 18.2. The molecule has 3 aliphatic rings. The number of H-pyrrole nitrogens is 1. The van der Waals surface area contributed by atoms with Crippen LogP contribution in [0.1, 0.15) is 56.4 Å². The highest BCUT2D eigenvalue weighted by molar-refractivity contribution is 5.89. The molecule has 3 aromatic rings. The van der Waals surface area contributed by atoms with Gasteiger partial charge in [0.1, 0.15) is 17.4 Å². The average molecular weight is 516 g/mol. The molecular formula is C31H37N3O4. The molecule has 2 fully saturated rings. The molecule has 0 spiro atoms. The summed E-state index contributed by atoms with van der Waals surface area (Å²) in [5.41, 5.74) is 4.01. The van der Waals surface area contributed by atoms with Crippen molar-refractivity contribution in [3.8, 4) is 5.75 Å². The van der Waals surface area contributed by atoms with Crippen LogP contribution >= 0.6 is 0 Å². The van der Waals surface area contributed by atoms with E-state index in [2.05, 4.69) is 49.3 Å². The molecule has 38 heavy (non-hydrogen) atoms. The number of hydrogen-bond acceptors (Lipinski definition) is 4. The van der Waals surface area contributed by atoms with Crippen molar-refractivity contribution in [3.05, 3.63) is 65.4 Å². The van der Waals surface area contributed by atoms with Crippen LogP contribution in [0.5, 0.6) is 5.75 Å². The van der Waals surface area contributed by atoms with Crippen LogP contribution in [0.2, 0.25) is 0 Å². The molecule has 0 bridgehead atoms. The van der Waals surface area contributed by atoms with Crippen LogP contribution in [-0.2, 0) is 20.7 Å². The number of likely N-dealkylation sites (tertiary alicyclic amines) is 1. The second-order valence-corrected chi connectivity index (χ2v) is 11.8. The molecular weight excluding hydrogens is 478 g/mol. The van der Waals surface area contributed by atoms with E-state index in [1.54, 1.807) is 0 Å². The number of aromatic amines is 1. The van der Waals surface area contributed by atoms with Crippen molar-refractivity contribution in [1.82, 2.24) is 15.2 Å². The number of nitrogens with one attached hydrogen (secondary N) is 2. The number of para-hydroxylation sites is 1. The molecule has 7 heteroatoms. The maximum atomic E-state index is 13.8. The van der Waals surface area contributed by atoms with Gasteiger partial charge in [0.25, 0.3) is 0 Å². The molecule has 0 unspecified atom stereocenters. The Labute approximate surface area is 223 Å². The summed E-state index contributed by atoms with van der Waals surface area (Å²) in [6, 6.07) is 13.8. The van der Waals surface area contributed by atoms with E-state index in [0.717, 1.165) is 40.6 Å². The molecule has 5 atom stereocenters. The molecule has 2 saturated heterocycles. The number of rotatable bonds is 4. The van der Waals surface area contributed by atoms with E-state index in [0.29, 0.717) is 19.5 Å². The number of aromatic nitrogens is 1. The lowest BCUT2D eigenvalue weighted by Gasteiger charge is -2.53. The molecule has 1 aromatic heterocycles. The van der Waals surface area contributed by atoms with Gasteiger partial charge in [-0.25, -0.2) is 0 Å². The summed E-state index contributed by atoms with van der Waals surface area (Å²) in [5.74, 6) is 1.14. The molecule has 2 N–H and O–H groups in total. The Bertz CT molecular complexity index is 1380. The van der Waals surface area contributed by atoms with Crippen molar-refractivity contribution >= 4 is 22.7 Å². The zero-order valence-corrected chi connectivity index (χ0v) is 22.6. The quantitative estimate of drug-likeness (QED) is 0.528. The first-order valence-electron chi connectivity index (χ1n) is 13.8. The average Bonchev–Trinajstić information content (AvgIpc) is 3.29. The van der Waals surface area contributed by atoms with E-state index in [4.69, 9.17) is 9.47 Å². The summed E-state index contributed by atoms with van der Waals surface area (Å²) in [4.78, 5) is 31.1. The highest BCUT2D eigenvalue weighted by Crippen LogP contribution is 2.53. The van der Waals surface area contributed by atoms with E-state index < -0.39 is 6.04 Å². The molecule has 0 aliphatic carbocycles. The second-order valence-electron chi connectivity index (χ2n) is 11.8. The summed E-state index contributed by atoms with van der Waals surface area (Å²) in [6.45, 7) is 9.12. The monoisotopic (exact) mass is 515 g/mol. The largest absolute Gasteiger partial charge is 0.487 e. The first-order valence-corrected chi connectivity index (χ1v) is 13.8. The van der Waals surface area contributed by atoms with Gasteiger partial charge in [0, 0.05) is 60.9 Å². The maximum absolute atomic E-state index is 13.8. The number of piperidine rings is 1. The first kappa shape index (κ1) is 25.0. The molecule has 7 nitrogen and oxygen atoms in total. The number of hydrogen-bond donors (Lipinski definition) is 2. The van der Waals surface area contributed by atoms with E-state index in [1.807, 2.05) is 35.4 Å². The van der Waals surface area contributed by atoms with Gasteiger partial charge in [0.15, 0.2) is 0 Å². The Balaban J connectivity index is 1.20. The SMILES string of the molecule is CC(=O)N[C@H](Cc1c[nH]c2ccccc12)C(=O)N1CC[C@H]2O[C@H]3c4ccc(C)cc4OC(C)(C)[C@@H]3C[C@H]2C1. The zero-order chi connectivity index (χ0) is 26.6. The van der Waals surface area contributed by atoms with E-state index in [-0.39, 0.29) is 41.5 Å². The topological polar surface area (TPSA) is 83.7 Å². The number of amides is 2. The fraction of sp³-hybridized carbons (Fsp3) is 0.484. The van der Waals surface area contributed by atoms with Crippen molar-refractivity contribution < 1.29 is 19.1 Å². The minimum absolute atomic E-state index is 0.00634.